The normalized spacial score (nSPS) is 34.4. The highest BCUT2D eigenvalue weighted by molar-refractivity contribution is 5.38. The predicted octanol–water partition coefficient (Wildman–Crippen LogP) is 2.67. The monoisotopic (exact) mass is 274 g/mol. The van der Waals surface area contributed by atoms with Gasteiger partial charge in [0.2, 0.25) is 0 Å². The Morgan fingerprint density at radius 1 is 1.25 bits per heavy atom. The number of nitrogens with zero attached hydrogens (tertiary/aromatic N) is 1. The number of para-hydroxylation sites is 1. The van der Waals surface area contributed by atoms with E-state index in [9.17, 15) is 0 Å². The molecule has 0 aliphatic carbocycles. The van der Waals surface area contributed by atoms with Gasteiger partial charge >= 0.3 is 0 Å². The molecule has 2 N–H and O–H groups in total. The summed E-state index contributed by atoms with van der Waals surface area (Å²) in [7, 11) is 0. The van der Waals surface area contributed by atoms with Crippen molar-refractivity contribution < 1.29 is 4.74 Å². The number of nitrogens with two attached hydrogens (primary N) is 1. The van der Waals surface area contributed by atoms with Crippen LogP contribution in [0.2, 0.25) is 0 Å². The van der Waals surface area contributed by atoms with Crippen molar-refractivity contribution in [3.8, 4) is 5.75 Å². The summed E-state index contributed by atoms with van der Waals surface area (Å²) < 4.78 is 5.88. The summed E-state index contributed by atoms with van der Waals surface area (Å²) in [4.78, 5) is 2.64. The van der Waals surface area contributed by atoms with Crippen LogP contribution in [0.15, 0.2) is 24.3 Å². The number of hydrogen-bond acceptors (Lipinski definition) is 3. The van der Waals surface area contributed by atoms with E-state index in [4.69, 9.17) is 10.5 Å². The molecule has 3 rings (SSSR count). The summed E-state index contributed by atoms with van der Waals surface area (Å²) in [5.41, 5.74) is 7.32. The Labute approximate surface area is 122 Å². The lowest BCUT2D eigenvalue weighted by Gasteiger charge is -2.45. The van der Waals surface area contributed by atoms with Gasteiger partial charge in [-0.05, 0) is 37.4 Å². The minimum atomic E-state index is 0.487. The lowest BCUT2D eigenvalue weighted by atomic mass is 9.83. The molecule has 20 heavy (non-hydrogen) atoms. The molecular weight excluding hydrogens is 248 g/mol. The molecule has 3 heteroatoms. The third-order valence-electron chi connectivity index (χ3n) is 5.12. The fourth-order valence-electron chi connectivity index (χ4n) is 3.77. The standard InChI is InChI=1S/C17H26N2O/c1-12-7-8-19(10-14(12)9-18)17-13(2)11-20-16-6-4-3-5-15(16)17/h3-6,12-14,17H,7-11,18H2,1-2H3. The fourth-order valence-corrected chi connectivity index (χ4v) is 3.77. The minimum absolute atomic E-state index is 0.487. The third kappa shape index (κ3) is 2.45. The van der Waals surface area contributed by atoms with E-state index in [1.54, 1.807) is 0 Å². The number of rotatable bonds is 2. The van der Waals surface area contributed by atoms with Crippen molar-refractivity contribution in [2.24, 2.45) is 23.5 Å². The number of fused-ring (bicyclic) bond motifs is 1. The molecule has 0 radical (unpaired) electrons. The molecule has 2 heterocycles. The van der Waals surface area contributed by atoms with Crippen LogP contribution in [0.1, 0.15) is 31.9 Å². The van der Waals surface area contributed by atoms with Crippen LogP contribution in [0.25, 0.3) is 0 Å². The van der Waals surface area contributed by atoms with E-state index in [2.05, 4.69) is 43.0 Å². The van der Waals surface area contributed by atoms with Crippen LogP contribution in [0.3, 0.4) is 0 Å². The van der Waals surface area contributed by atoms with Gasteiger partial charge in [0, 0.05) is 24.1 Å². The van der Waals surface area contributed by atoms with Gasteiger partial charge in [-0.2, -0.15) is 0 Å². The number of ether oxygens (including phenoxy) is 1. The fraction of sp³-hybridized carbons (Fsp3) is 0.647. The Balaban J connectivity index is 1.86. The lowest BCUT2D eigenvalue weighted by molar-refractivity contribution is 0.0384. The quantitative estimate of drug-likeness (QED) is 0.901. The Kier molecular flexibility index (Phi) is 3.99. The maximum absolute atomic E-state index is 5.96. The van der Waals surface area contributed by atoms with Crippen molar-refractivity contribution in [1.29, 1.82) is 0 Å². The van der Waals surface area contributed by atoms with E-state index >= 15 is 0 Å². The maximum atomic E-state index is 5.96. The summed E-state index contributed by atoms with van der Waals surface area (Å²) in [6.07, 6.45) is 1.26. The van der Waals surface area contributed by atoms with Crippen molar-refractivity contribution in [3.05, 3.63) is 29.8 Å². The smallest absolute Gasteiger partial charge is 0.124 e. The Morgan fingerprint density at radius 2 is 2.05 bits per heavy atom. The lowest BCUT2D eigenvalue weighted by Crippen LogP contribution is -2.47. The van der Waals surface area contributed by atoms with Gasteiger partial charge in [-0.3, -0.25) is 4.90 Å². The Hall–Kier alpha value is -1.06. The maximum Gasteiger partial charge on any atom is 0.124 e. The van der Waals surface area contributed by atoms with Crippen molar-refractivity contribution in [1.82, 2.24) is 4.90 Å². The van der Waals surface area contributed by atoms with Crippen LogP contribution in [0, 0.1) is 17.8 Å². The number of hydrogen-bond donors (Lipinski definition) is 1. The van der Waals surface area contributed by atoms with E-state index < -0.39 is 0 Å². The average molecular weight is 274 g/mol. The largest absolute Gasteiger partial charge is 0.493 e. The van der Waals surface area contributed by atoms with Gasteiger partial charge in [-0.25, -0.2) is 0 Å². The van der Waals surface area contributed by atoms with Gasteiger partial charge < -0.3 is 10.5 Å². The molecule has 0 spiro atoms. The van der Waals surface area contributed by atoms with Crippen molar-refractivity contribution in [2.75, 3.05) is 26.2 Å². The summed E-state index contributed by atoms with van der Waals surface area (Å²) in [6.45, 7) is 8.58. The number of likely N-dealkylation sites (tertiary alicyclic amines) is 1. The molecule has 1 aromatic carbocycles. The molecule has 1 aromatic rings. The molecule has 0 aromatic heterocycles. The van der Waals surface area contributed by atoms with Gasteiger partial charge in [0.05, 0.1) is 6.61 Å². The molecule has 0 amide bonds. The van der Waals surface area contributed by atoms with Crippen molar-refractivity contribution in [3.63, 3.8) is 0 Å². The molecule has 2 aliphatic heterocycles. The highest BCUT2D eigenvalue weighted by Gasteiger charge is 2.36. The van der Waals surface area contributed by atoms with Crippen LogP contribution in [-0.2, 0) is 0 Å². The summed E-state index contributed by atoms with van der Waals surface area (Å²) >= 11 is 0. The van der Waals surface area contributed by atoms with Gasteiger partial charge in [0.25, 0.3) is 0 Å². The third-order valence-corrected chi connectivity index (χ3v) is 5.12. The highest BCUT2D eigenvalue weighted by Crippen LogP contribution is 2.41. The van der Waals surface area contributed by atoms with Crippen LogP contribution in [0.4, 0.5) is 0 Å². The van der Waals surface area contributed by atoms with Crippen LogP contribution >= 0.6 is 0 Å². The zero-order chi connectivity index (χ0) is 14.1. The minimum Gasteiger partial charge on any atom is -0.493 e. The first kappa shape index (κ1) is 13.9. The second kappa shape index (κ2) is 5.74. The van der Waals surface area contributed by atoms with Crippen LogP contribution < -0.4 is 10.5 Å². The molecule has 1 saturated heterocycles. The highest BCUT2D eigenvalue weighted by atomic mass is 16.5. The van der Waals surface area contributed by atoms with Crippen LogP contribution in [-0.4, -0.2) is 31.1 Å². The zero-order valence-corrected chi connectivity index (χ0v) is 12.6. The Bertz CT molecular complexity index is 462. The van der Waals surface area contributed by atoms with E-state index in [1.807, 2.05) is 0 Å². The van der Waals surface area contributed by atoms with E-state index in [0.29, 0.717) is 17.9 Å². The summed E-state index contributed by atoms with van der Waals surface area (Å²) in [6, 6.07) is 9.00. The molecule has 4 atom stereocenters. The first-order valence-electron chi connectivity index (χ1n) is 7.86. The SMILES string of the molecule is CC1CCN(C2c3ccccc3OCC2C)CC1CN. The molecule has 2 aliphatic rings. The first-order valence-corrected chi connectivity index (χ1v) is 7.86. The molecule has 3 nitrogen and oxygen atoms in total. The zero-order valence-electron chi connectivity index (χ0n) is 12.6. The van der Waals surface area contributed by atoms with Crippen molar-refractivity contribution in [2.45, 2.75) is 26.3 Å². The molecule has 1 fully saturated rings. The van der Waals surface area contributed by atoms with Gasteiger partial charge in [-0.1, -0.05) is 32.0 Å². The molecule has 0 saturated carbocycles. The number of benzene rings is 1. The van der Waals surface area contributed by atoms with Gasteiger partial charge in [0.15, 0.2) is 0 Å². The Morgan fingerprint density at radius 3 is 2.85 bits per heavy atom. The van der Waals surface area contributed by atoms with E-state index in [1.165, 1.54) is 18.5 Å². The van der Waals surface area contributed by atoms with Crippen molar-refractivity contribution >= 4 is 0 Å². The average Bonchev–Trinajstić information content (AvgIpc) is 2.48. The molecule has 110 valence electrons. The molecule has 0 bridgehead atoms. The second-order valence-corrected chi connectivity index (χ2v) is 6.53. The predicted molar refractivity (Wildman–Crippen MR) is 81.7 cm³/mol. The van der Waals surface area contributed by atoms with Gasteiger partial charge in [-0.15, -0.1) is 0 Å². The molecular formula is C17H26N2O. The molecule has 4 unspecified atom stereocenters. The van der Waals surface area contributed by atoms with E-state index in [0.717, 1.165) is 31.4 Å². The topological polar surface area (TPSA) is 38.5 Å². The second-order valence-electron chi connectivity index (χ2n) is 6.53. The summed E-state index contributed by atoms with van der Waals surface area (Å²) in [5, 5.41) is 0. The van der Waals surface area contributed by atoms with Gasteiger partial charge in [0.1, 0.15) is 5.75 Å². The first-order chi connectivity index (χ1) is 9.70. The van der Waals surface area contributed by atoms with Crippen LogP contribution in [0.5, 0.6) is 5.75 Å². The number of piperidine rings is 1. The van der Waals surface area contributed by atoms with E-state index in [-0.39, 0.29) is 0 Å². The summed E-state index contributed by atoms with van der Waals surface area (Å²) in [5.74, 6) is 2.99.